The summed E-state index contributed by atoms with van der Waals surface area (Å²) in [4.78, 5) is 35.2. The number of carbonyl (C=O) groups excluding carboxylic acids is 2. The molecule has 1 aromatic heterocycles. The van der Waals surface area contributed by atoms with E-state index in [1.165, 1.54) is 19.1 Å². The van der Waals surface area contributed by atoms with Gasteiger partial charge in [-0.15, -0.1) is 0 Å². The monoisotopic (exact) mass is 356 g/mol. The van der Waals surface area contributed by atoms with Gasteiger partial charge in [-0.1, -0.05) is 0 Å². The van der Waals surface area contributed by atoms with Crippen molar-refractivity contribution in [3.8, 4) is 0 Å². The Hall–Kier alpha value is -2.09. The van der Waals surface area contributed by atoms with Crippen LogP contribution in [0, 0.1) is 5.82 Å². The van der Waals surface area contributed by atoms with Crippen molar-refractivity contribution in [3.05, 3.63) is 38.5 Å². The van der Waals surface area contributed by atoms with Gasteiger partial charge in [0.15, 0.2) is 5.78 Å². The van der Waals surface area contributed by atoms with Gasteiger partial charge in [-0.25, -0.2) is 9.07 Å². The van der Waals surface area contributed by atoms with Crippen molar-refractivity contribution in [2.75, 3.05) is 7.11 Å². The summed E-state index contributed by atoms with van der Waals surface area (Å²) in [6.45, 7) is 0.748. The van der Waals surface area contributed by atoms with E-state index in [9.17, 15) is 18.8 Å². The summed E-state index contributed by atoms with van der Waals surface area (Å²) in [7, 11) is 1.16. The first-order valence-electron chi connectivity index (χ1n) is 5.83. The number of fused-ring (bicyclic) bond motifs is 1. The van der Waals surface area contributed by atoms with Gasteiger partial charge in [0.25, 0.3) is 5.56 Å². The van der Waals surface area contributed by atoms with Gasteiger partial charge in [0.1, 0.15) is 18.1 Å². The molecule has 0 aliphatic rings. The number of halogens is 2. The van der Waals surface area contributed by atoms with Crippen LogP contribution < -0.4 is 5.56 Å². The summed E-state index contributed by atoms with van der Waals surface area (Å²) in [5, 5.41) is 3.59. The van der Waals surface area contributed by atoms with Gasteiger partial charge in [0.05, 0.1) is 22.4 Å². The quantitative estimate of drug-likeness (QED) is 0.617. The number of aromatic nitrogens is 2. The lowest BCUT2D eigenvalue weighted by atomic mass is 10.1. The second kappa shape index (κ2) is 5.72. The Morgan fingerprint density at radius 1 is 1.43 bits per heavy atom. The van der Waals surface area contributed by atoms with E-state index in [2.05, 4.69) is 25.8 Å². The van der Waals surface area contributed by atoms with E-state index in [4.69, 9.17) is 0 Å². The number of esters is 1. The van der Waals surface area contributed by atoms with E-state index in [0.717, 1.165) is 11.8 Å². The van der Waals surface area contributed by atoms with Crippen molar-refractivity contribution in [1.29, 1.82) is 0 Å². The fourth-order valence-corrected chi connectivity index (χ4v) is 2.19. The topological polar surface area (TPSA) is 78.3 Å². The lowest BCUT2D eigenvalue weighted by Gasteiger charge is -2.09. The first kappa shape index (κ1) is 15.3. The van der Waals surface area contributed by atoms with Crippen LogP contribution in [0.1, 0.15) is 17.4 Å². The van der Waals surface area contributed by atoms with Crippen LogP contribution in [0.5, 0.6) is 0 Å². The van der Waals surface area contributed by atoms with Crippen LogP contribution in [0.15, 0.2) is 21.4 Å². The number of benzene rings is 1. The van der Waals surface area contributed by atoms with E-state index >= 15 is 0 Å². The number of ether oxygens (including phenoxy) is 1. The van der Waals surface area contributed by atoms with Gasteiger partial charge in [0.2, 0.25) is 0 Å². The third kappa shape index (κ3) is 2.71. The van der Waals surface area contributed by atoms with Gasteiger partial charge in [0, 0.05) is 6.92 Å². The number of ketones is 1. The van der Waals surface area contributed by atoms with Crippen LogP contribution in [0.3, 0.4) is 0 Å². The standard InChI is InChI=1S/C13H10BrFN2O4/c1-6(18)12-10-7(3-4-8(14)11(10)15)13(20)17(16-12)5-9(19)21-2/h3-4H,5H2,1-2H3. The zero-order chi connectivity index (χ0) is 15.7. The minimum absolute atomic E-state index is 0.0280. The van der Waals surface area contributed by atoms with E-state index in [0.29, 0.717) is 0 Å². The second-order valence-electron chi connectivity index (χ2n) is 4.23. The average molecular weight is 357 g/mol. The summed E-state index contributed by atoms with van der Waals surface area (Å²) in [5.41, 5.74) is -0.890. The number of carbonyl (C=O) groups is 2. The first-order valence-corrected chi connectivity index (χ1v) is 6.62. The normalized spacial score (nSPS) is 10.7. The van der Waals surface area contributed by atoms with Crippen molar-refractivity contribution in [2.45, 2.75) is 13.5 Å². The molecule has 0 atom stereocenters. The number of Topliss-reactive ketones (excluding diaryl/α,β-unsaturated/α-hetero) is 1. The van der Waals surface area contributed by atoms with Crippen molar-refractivity contribution < 1.29 is 18.7 Å². The molecule has 8 heteroatoms. The molecule has 0 aliphatic heterocycles. The Bertz CT molecular complexity index is 816. The van der Waals surface area contributed by atoms with Gasteiger partial charge >= 0.3 is 5.97 Å². The average Bonchev–Trinajstić information content (AvgIpc) is 2.45. The Balaban J connectivity index is 2.86. The molecule has 1 aromatic carbocycles. The van der Waals surface area contributed by atoms with E-state index < -0.39 is 29.7 Å². The predicted molar refractivity (Wildman–Crippen MR) is 75.7 cm³/mol. The van der Waals surface area contributed by atoms with E-state index in [-0.39, 0.29) is 20.9 Å². The maximum absolute atomic E-state index is 14.2. The van der Waals surface area contributed by atoms with Gasteiger partial charge in [-0.3, -0.25) is 14.4 Å². The molecular weight excluding hydrogens is 347 g/mol. The summed E-state index contributed by atoms with van der Waals surface area (Å²) < 4.78 is 19.5. The maximum Gasteiger partial charge on any atom is 0.327 e. The maximum atomic E-state index is 14.2. The molecule has 2 rings (SSSR count). The highest BCUT2D eigenvalue weighted by molar-refractivity contribution is 9.10. The minimum Gasteiger partial charge on any atom is -0.468 e. The number of nitrogens with zero attached hydrogens (tertiary/aromatic N) is 2. The second-order valence-corrected chi connectivity index (χ2v) is 5.08. The Kier molecular flexibility index (Phi) is 4.17. The Morgan fingerprint density at radius 2 is 2.10 bits per heavy atom. The van der Waals surface area contributed by atoms with Crippen molar-refractivity contribution in [2.24, 2.45) is 0 Å². The van der Waals surface area contributed by atoms with Crippen molar-refractivity contribution in [3.63, 3.8) is 0 Å². The summed E-state index contributed by atoms with van der Waals surface area (Å²) in [6.07, 6.45) is 0. The van der Waals surface area contributed by atoms with E-state index in [1.807, 2.05) is 0 Å². The highest BCUT2D eigenvalue weighted by Crippen LogP contribution is 2.25. The molecule has 0 fully saturated rings. The summed E-state index contributed by atoms with van der Waals surface area (Å²) in [6, 6.07) is 2.72. The van der Waals surface area contributed by atoms with Crippen molar-refractivity contribution >= 4 is 38.5 Å². The first-order chi connectivity index (χ1) is 9.86. The Morgan fingerprint density at radius 3 is 2.67 bits per heavy atom. The lowest BCUT2D eigenvalue weighted by molar-refractivity contribution is -0.141. The number of hydrogen-bond donors (Lipinski definition) is 0. The third-order valence-corrected chi connectivity index (χ3v) is 3.47. The molecule has 0 saturated carbocycles. The molecule has 6 nitrogen and oxygen atoms in total. The third-order valence-electron chi connectivity index (χ3n) is 2.86. The molecule has 0 saturated heterocycles. The fourth-order valence-electron chi connectivity index (χ4n) is 1.86. The number of methoxy groups -OCH3 is 1. The molecule has 0 spiro atoms. The molecule has 0 amide bonds. The predicted octanol–water partition coefficient (Wildman–Crippen LogP) is 1.67. The minimum atomic E-state index is -0.743. The van der Waals surface area contributed by atoms with Crippen LogP contribution in [-0.2, 0) is 16.1 Å². The summed E-state index contributed by atoms with van der Waals surface area (Å²) >= 11 is 3.00. The van der Waals surface area contributed by atoms with Crippen LogP contribution in [0.4, 0.5) is 4.39 Å². The molecule has 1 heterocycles. The Labute approximate surface area is 126 Å². The van der Waals surface area contributed by atoms with Crippen LogP contribution in [-0.4, -0.2) is 28.6 Å². The fraction of sp³-hybridized carbons (Fsp3) is 0.231. The largest absolute Gasteiger partial charge is 0.468 e. The van der Waals surface area contributed by atoms with E-state index in [1.54, 1.807) is 0 Å². The molecule has 0 radical (unpaired) electrons. The molecule has 0 aliphatic carbocycles. The zero-order valence-corrected chi connectivity index (χ0v) is 12.7. The molecule has 0 unspecified atom stereocenters. The van der Waals surface area contributed by atoms with Gasteiger partial charge in [-0.05, 0) is 28.1 Å². The molecular formula is C13H10BrFN2O4. The highest BCUT2D eigenvalue weighted by Gasteiger charge is 2.20. The molecule has 2 aromatic rings. The lowest BCUT2D eigenvalue weighted by Crippen LogP contribution is -2.29. The number of hydrogen-bond acceptors (Lipinski definition) is 5. The highest BCUT2D eigenvalue weighted by atomic mass is 79.9. The van der Waals surface area contributed by atoms with Crippen molar-refractivity contribution in [1.82, 2.24) is 9.78 Å². The summed E-state index contributed by atoms with van der Waals surface area (Å²) in [5.74, 6) is -1.96. The van der Waals surface area contributed by atoms with Gasteiger partial charge < -0.3 is 4.74 Å². The van der Waals surface area contributed by atoms with Crippen LogP contribution in [0.2, 0.25) is 0 Å². The number of rotatable bonds is 3. The smallest absolute Gasteiger partial charge is 0.327 e. The van der Waals surface area contributed by atoms with Crippen LogP contribution >= 0.6 is 15.9 Å². The SMILES string of the molecule is COC(=O)Cn1nc(C(C)=O)c2c(F)c(Br)ccc2c1=O. The van der Waals surface area contributed by atoms with Gasteiger partial charge in [-0.2, -0.15) is 5.10 Å². The van der Waals surface area contributed by atoms with Crippen LogP contribution in [0.25, 0.3) is 10.8 Å². The molecule has 21 heavy (non-hydrogen) atoms. The molecule has 0 N–H and O–H groups in total. The molecule has 110 valence electrons. The zero-order valence-electron chi connectivity index (χ0n) is 11.1. The molecule has 0 bridgehead atoms.